The molecular formula is C10H12ClN3O. The quantitative estimate of drug-likeness (QED) is 0.804. The molecule has 4 nitrogen and oxygen atoms in total. The van der Waals surface area contributed by atoms with E-state index < -0.39 is 0 Å². The highest BCUT2D eigenvalue weighted by molar-refractivity contribution is 5.85. The Morgan fingerprint density at radius 2 is 2.13 bits per heavy atom. The Labute approximate surface area is 93.1 Å². The van der Waals surface area contributed by atoms with E-state index >= 15 is 0 Å². The maximum Gasteiger partial charge on any atom is 0.258 e. The molecule has 0 amide bonds. The van der Waals surface area contributed by atoms with E-state index in [0.29, 0.717) is 17.8 Å². The second-order valence-electron chi connectivity index (χ2n) is 3.06. The molecule has 0 aliphatic heterocycles. The second kappa shape index (κ2) is 4.91. The van der Waals surface area contributed by atoms with Gasteiger partial charge in [0.25, 0.3) is 5.56 Å². The number of halogens is 1. The first-order valence-corrected chi connectivity index (χ1v) is 4.44. The highest BCUT2D eigenvalue weighted by Gasteiger charge is 2.01. The van der Waals surface area contributed by atoms with E-state index in [0.717, 1.165) is 5.52 Å². The molecule has 1 aromatic heterocycles. The van der Waals surface area contributed by atoms with Crippen LogP contribution in [-0.2, 0) is 6.54 Å². The molecule has 0 aliphatic carbocycles. The molecule has 5 heteroatoms. The van der Waals surface area contributed by atoms with Crippen LogP contribution in [0, 0.1) is 0 Å². The molecule has 2 N–H and O–H groups in total. The van der Waals surface area contributed by atoms with Crippen LogP contribution in [0.25, 0.3) is 10.9 Å². The molecule has 1 heterocycles. The van der Waals surface area contributed by atoms with Gasteiger partial charge in [-0.05, 0) is 19.2 Å². The second-order valence-corrected chi connectivity index (χ2v) is 3.06. The number of aromatic nitrogens is 2. The Morgan fingerprint density at radius 3 is 2.87 bits per heavy atom. The van der Waals surface area contributed by atoms with Gasteiger partial charge >= 0.3 is 0 Å². The van der Waals surface area contributed by atoms with Gasteiger partial charge < -0.3 is 10.3 Å². The Balaban J connectivity index is 0.00000112. The number of aromatic amines is 1. The van der Waals surface area contributed by atoms with Crippen LogP contribution in [0.4, 0.5) is 0 Å². The first-order chi connectivity index (χ1) is 6.81. The van der Waals surface area contributed by atoms with Gasteiger partial charge in [0.1, 0.15) is 5.82 Å². The fraction of sp³-hybridized carbons (Fsp3) is 0.200. The van der Waals surface area contributed by atoms with Crippen molar-refractivity contribution in [3.63, 3.8) is 0 Å². The summed E-state index contributed by atoms with van der Waals surface area (Å²) in [5, 5.41) is 3.58. The number of rotatable bonds is 2. The molecule has 0 spiro atoms. The highest BCUT2D eigenvalue weighted by atomic mass is 35.5. The van der Waals surface area contributed by atoms with E-state index in [2.05, 4.69) is 15.3 Å². The molecule has 1 aromatic carbocycles. The summed E-state index contributed by atoms with van der Waals surface area (Å²) in [6.45, 7) is 0.570. The summed E-state index contributed by atoms with van der Waals surface area (Å²) >= 11 is 0. The van der Waals surface area contributed by atoms with E-state index in [4.69, 9.17) is 0 Å². The van der Waals surface area contributed by atoms with Gasteiger partial charge in [0.15, 0.2) is 0 Å². The van der Waals surface area contributed by atoms with Crippen LogP contribution in [0.2, 0.25) is 0 Å². The van der Waals surface area contributed by atoms with Crippen molar-refractivity contribution in [2.24, 2.45) is 0 Å². The minimum Gasteiger partial charge on any atom is -0.313 e. The van der Waals surface area contributed by atoms with Crippen molar-refractivity contribution in [1.29, 1.82) is 0 Å². The fourth-order valence-electron chi connectivity index (χ4n) is 1.39. The van der Waals surface area contributed by atoms with Crippen molar-refractivity contribution in [3.05, 3.63) is 40.4 Å². The molecule has 0 unspecified atom stereocenters. The molecule has 0 saturated heterocycles. The van der Waals surface area contributed by atoms with E-state index in [9.17, 15) is 4.79 Å². The summed E-state index contributed by atoms with van der Waals surface area (Å²) < 4.78 is 0. The van der Waals surface area contributed by atoms with Crippen LogP contribution in [0.15, 0.2) is 29.1 Å². The SMILES string of the molecule is CNCc1nc2ccccc2c(=O)[nH]1.Cl. The number of nitrogens with one attached hydrogen (secondary N) is 2. The summed E-state index contributed by atoms with van der Waals surface area (Å²) in [6, 6.07) is 7.31. The zero-order valence-electron chi connectivity index (χ0n) is 8.28. The van der Waals surface area contributed by atoms with Gasteiger partial charge in [-0.2, -0.15) is 0 Å². The van der Waals surface area contributed by atoms with Crippen molar-refractivity contribution in [1.82, 2.24) is 15.3 Å². The first kappa shape index (κ1) is 11.7. The van der Waals surface area contributed by atoms with Gasteiger partial charge in [-0.1, -0.05) is 12.1 Å². The van der Waals surface area contributed by atoms with Gasteiger partial charge in [-0.25, -0.2) is 4.98 Å². The Morgan fingerprint density at radius 1 is 1.40 bits per heavy atom. The normalized spacial score (nSPS) is 9.93. The standard InChI is InChI=1S/C10H11N3O.ClH/c1-11-6-9-12-8-5-3-2-4-7(8)10(14)13-9;/h2-5,11H,6H2,1H3,(H,12,13,14);1H. The third-order valence-corrected chi connectivity index (χ3v) is 2.01. The topological polar surface area (TPSA) is 57.8 Å². The van der Waals surface area contributed by atoms with Crippen LogP contribution < -0.4 is 10.9 Å². The highest BCUT2D eigenvalue weighted by Crippen LogP contribution is 2.04. The Kier molecular flexibility index (Phi) is 3.82. The summed E-state index contributed by atoms with van der Waals surface area (Å²) in [5.74, 6) is 0.663. The third-order valence-electron chi connectivity index (χ3n) is 2.01. The summed E-state index contributed by atoms with van der Waals surface area (Å²) in [4.78, 5) is 18.6. The maximum absolute atomic E-state index is 11.6. The average Bonchev–Trinajstić information content (AvgIpc) is 2.18. The molecule has 80 valence electrons. The number of H-pyrrole nitrogens is 1. The lowest BCUT2D eigenvalue weighted by atomic mass is 10.2. The van der Waals surface area contributed by atoms with Gasteiger partial charge in [0.2, 0.25) is 0 Å². The van der Waals surface area contributed by atoms with Crippen molar-refractivity contribution in [3.8, 4) is 0 Å². The summed E-state index contributed by atoms with van der Waals surface area (Å²) in [6.07, 6.45) is 0. The van der Waals surface area contributed by atoms with Crippen molar-refractivity contribution < 1.29 is 0 Å². The molecule has 0 aliphatic rings. The largest absolute Gasteiger partial charge is 0.313 e. The van der Waals surface area contributed by atoms with E-state index in [1.165, 1.54) is 0 Å². The molecule has 2 rings (SSSR count). The van der Waals surface area contributed by atoms with Crippen LogP contribution >= 0.6 is 12.4 Å². The molecule has 0 bridgehead atoms. The van der Waals surface area contributed by atoms with Gasteiger partial charge in [-0.3, -0.25) is 4.79 Å². The van der Waals surface area contributed by atoms with Crippen LogP contribution in [0.5, 0.6) is 0 Å². The molecular weight excluding hydrogens is 214 g/mol. The van der Waals surface area contributed by atoms with Gasteiger partial charge in [0, 0.05) is 0 Å². The van der Waals surface area contributed by atoms with Crippen LogP contribution in [-0.4, -0.2) is 17.0 Å². The molecule has 2 aromatic rings. The number of hydrogen-bond donors (Lipinski definition) is 2. The fourth-order valence-corrected chi connectivity index (χ4v) is 1.39. The van der Waals surface area contributed by atoms with E-state index in [-0.39, 0.29) is 18.0 Å². The summed E-state index contributed by atoms with van der Waals surface area (Å²) in [5.41, 5.74) is 0.655. The third kappa shape index (κ3) is 2.34. The zero-order valence-corrected chi connectivity index (χ0v) is 9.10. The number of benzene rings is 1. The number of fused-ring (bicyclic) bond motifs is 1. The molecule has 0 fully saturated rings. The van der Waals surface area contributed by atoms with Crippen LogP contribution in [0.1, 0.15) is 5.82 Å². The minimum atomic E-state index is -0.0825. The van der Waals surface area contributed by atoms with Gasteiger partial charge in [-0.15, -0.1) is 12.4 Å². The van der Waals surface area contributed by atoms with E-state index in [1.807, 2.05) is 25.2 Å². The van der Waals surface area contributed by atoms with Crippen molar-refractivity contribution in [2.45, 2.75) is 6.54 Å². The molecule has 15 heavy (non-hydrogen) atoms. The number of para-hydroxylation sites is 1. The smallest absolute Gasteiger partial charge is 0.258 e. The zero-order chi connectivity index (χ0) is 9.97. The molecule has 0 radical (unpaired) electrons. The minimum absolute atomic E-state index is 0. The Bertz CT molecular complexity index is 509. The average molecular weight is 226 g/mol. The Hall–Kier alpha value is -1.39. The first-order valence-electron chi connectivity index (χ1n) is 4.44. The molecule has 0 atom stereocenters. The van der Waals surface area contributed by atoms with Crippen molar-refractivity contribution >= 4 is 23.3 Å². The lowest BCUT2D eigenvalue weighted by molar-refractivity contribution is 0.760. The van der Waals surface area contributed by atoms with Gasteiger partial charge in [0.05, 0.1) is 17.4 Å². The molecule has 0 saturated carbocycles. The predicted octanol–water partition coefficient (Wildman–Crippen LogP) is 1.06. The number of nitrogens with zero attached hydrogens (tertiary/aromatic N) is 1. The van der Waals surface area contributed by atoms with Crippen LogP contribution in [0.3, 0.4) is 0 Å². The van der Waals surface area contributed by atoms with Crippen molar-refractivity contribution in [2.75, 3.05) is 7.05 Å². The lowest BCUT2D eigenvalue weighted by Gasteiger charge is -2.01. The monoisotopic (exact) mass is 225 g/mol. The maximum atomic E-state index is 11.6. The predicted molar refractivity (Wildman–Crippen MR) is 62.4 cm³/mol. The number of hydrogen-bond acceptors (Lipinski definition) is 3. The van der Waals surface area contributed by atoms with E-state index in [1.54, 1.807) is 6.07 Å². The summed E-state index contributed by atoms with van der Waals surface area (Å²) in [7, 11) is 1.81. The lowest BCUT2D eigenvalue weighted by Crippen LogP contribution is -2.16.